The maximum atomic E-state index is 12.9. The largest absolute Gasteiger partial charge is 0.462 e. The Morgan fingerprint density at radius 3 is 2.55 bits per heavy atom. The van der Waals surface area contributed by atoms with Crippen LogP contribution in [0.5, 0.6) is 0 Å². The van der Waals surface area contributed by atoms with Crippen molar-refractivity contribution in [2.24, 2.45) is 0 Å². The van der Waals surface area contributed by atoms with E-state index in [0.29, 0.717) is 10.5 Å². The minimum atomic E-state index is -1.27. The number of carbonyl (C=O) groups is 4. The van der Waals surface area contributed by atoms with Crippen LogP contribution in [0, 0.1) is 24.0 Å². The number of fused-ring (bicyclic) bond motifs is 1. The normalized spacial score (nSPS) is 13.7. The number of nitrogens with one attached hydrogen (secondary N) is 1. The van der Waals surface area contributed by atoms with Gasteiger partial charge in [0.1, 0.15) is 16.6 Å². The molecule has 10 nitrogen and oxygen atoms in total. The molecule has 2 heterocycles. The van der Waals surface area contributed by atoms with E-state index in [4.69, 9.17) is 4.74 Å². The molecule has 0 saturated carbocycles. The lowest BCUT2D eigenvalue weighted by Gasteiger charge is -2.21. The van der Waals surface area contributed by atoms with E-state index >= 15 is 0 Å². The fourth-order valence-electron chi connectivity index (χ4n) is 3.29. The van der Waals surface area contributed by atoms with Crippen molar-refractivity contribution in [3.63, 3.8) is 0 Å². The van der Waals surface area contributed by atoms with Crippen molar-refractivity contribution in [1.82, 2.24) is 4.90 Å². The Morgan fingerprint density at radius 1 is 1.26 bits per heavy atom. The first-order chi connectivity index (χ1) is 14.6. The third kappa shape index (κ3) is 3.67. The molecule has 1 atom stereocenters. The van der Waals surface area contributed by atoms with Gasteiger partial charge in [-0.25, -0.2) is 4.79 Å². The predicted octanol–water partition coefficient (Wildman–Crippen LogP) is 3.07. The summed E-state index contributed by atoms with van der Waals surface area (Å²) < 4.78 is 5.05. The van der Waals surface area contributed by atoms with Gasteiger partial charge in [-0.1, -0.05) is 6.07 Å². The van der Waals surface area contributed by atoms with E-state index in [1.54, 1.807) is 20.8 Å². The van der Waals surface area contributed by atoms with Crippen LogP contribution in [0.1, 0.15) is 55.4 Å². The van der Waals surface area contributed by atoms with E-state index in [2.05, 4.69) is 5.32 Å². The Morgan fingerprint density at radius 2 is 1.94 bits per heavy atom. The average molecular weight is 445 g/mol. The fraction of sp³-hybridized carbons (Fsp3) is 0.300. The Hall–Kier alpha value is -3.60. The molecule has 3 rings (SSSR count). The van der Waals surface area contributed by atoms with Crippen molar-refractivity contribution in [3.8, 4) is 0 Å². The van der Waals surface area contributed by atoms with Gasteiger partial charge in [-0.2, -0.15) is 0 Å². The van der Waals surface area contributed by atoms with E-state index in [9.17, 15) is 29.3 Å². The van der Waals surface area contributed by atoms with E-state index in [0.717, 1.165) is 10.9 Å². The number of benzene rings is 1. The zero-order valence-corrected chi connectivity index (χ0v) is 18.0. The summed E-state index contributed by atoms with van der Waals surface area (Å²) in [6, 6.07) is 2.46. The maximum absolute atomic E-state index is 12.9. The number of esters is 1. The minimum absolute atomic E-state index is 0.131. The van der Waals surface area contributed by atoms with Crippen LogP contribution in [0.2, 0.25) is 0 Å². The Balaban J connectivity index is 1.90. The zero-order valence-electron chi connectivity index (χ0n) is 17.2. The molecule has 1 aliphatic heterocycles. The van der Waals surface area contributed by atoms with Gasteiger partial charge in [0, 0.05) is 10.9 Å². The average Bonchev–Trinajstić information content (AvgIpc) is 3.14. The summed E-state index contributed by atoms with van der Waals surface area (Å²) in [5, 5.41) is 14.1. The molecular weight excluding hydrogens is 426 g/mol. The number of ether oxygens (including phenoxy) is 1. The third-order valence-corrected chi connectivity index (χ3v) is 6.11. The lowest BCUT2D eigenvalue weighted by Crippen LogP contribution is -2.45. The predicted molar refractivity (Wildman–Crippen MR) is 111 cm³/mol. The first-order valence-corrected chi connectivity index (χ1v) is 10.1. The number of nitrogens with zero attached hydrogens (tertiary/aromatic N) is 2. The van der Waals surface area contributed by atoms with Crippen LogP contribution in [0.4, 0.5) is 10.7 Å². The molecule has 1 aromatic heterocycles. The molecule has 1 aromatic carbocycles. The number of amides is 3. The Bertz CT molecular complexity index is 1140. The molecule has 1 N–H and O–H groups in total. The quantitative estimate of drug-likeness (QED) is 0.312. The van der Waals surface area contributed by atoms with Gasteiger partial charge in [0.25, 0.3) is 17.5 Å². The fourth-order valence-corrected chi connectivity index (χ4v) is 4.34. The van der Waals surface area contributed by atoms with E-state index in [1.807, 2.05) is 0 Å². The SMILES string of the molecule is CCOC(=O)c1c(NC(=O)C(C)N2C(=O)c3cccc([N+](=O)[O-])c3C2=O)sc(C)c1C. The number of aryl methyl sites for hydroxylation is 1. The summed E-state index contributed by atoms with van der Waals surface area (Å²) in [6.45, 7) is 6.66. The van der Waals surface area contributed by atoms with Crippen molar-refractivity contribution < 1.29 is 28.8 Å². The van der Waals surface area contributed by atoms with Crippen molar-refractivity contribution in [3.05, 3.63) is 55.4 Å². The second-order valence-electron chi connectivity index (χ2n) is 6.81. The summed E-state index contributed by atoms with van der Waals surface area (Å²) >= 11 is 1.17. The van der Waals surface area contributed by atoms with E-state index in [-0.39, 0.29) is 28.3 Å². The summed E-state index contributed by atoms with van der Waals surface area (Å²) in [5.74, 6) is -3.03. The first kappa shape index (κ1) is 22.1. The molecule has 0 radical (unpaired) electrons. The monoisotopic (exact) mass is 445 g/mol. The lowest BCUT2D eigenvalue weighted by molar-refractivity contribution is -0.385. The topological polar surface area (TPSA) is 136 Å². The number of anilines is 1. The number of hydrogen-bond donors (Lipinski definition) is 1. The molecule has 3 amide bonds. The molecular formula is C20H19N3O7S. The lowest BCUT2D eigenvalue weighted by atomic mass is 10.1. The van der Waals surface area contributed by atoms with Gasteiger partial charge >= 0.3 is 5.97 Å². The van der Waals surface area contributed by atoms with Crippen molar-refractivity contribution >= 4 is 45.7 Å². The maximum Gasteiger partial charge on any atom is 0.341 e. The molecule has 0 spiro atoms. The van der Waals surface area contributed by atoms with Crippen LogP contribution in [0.3, 0.4) is 0 Å². The molecule has 1 aliphatic rings. The number of thiophene rings is 1. The van der Waals surface area contributed by atoms with Gasteiger partial charge in [0.05, 0.1) is 22.7 Å². The highest BCUT2D eigenvalue weighted by Gasteiger charge is 2.45. The number of hydrogen-bond acceptors (Lipinski definition) is 8. The van der Waals surface area contributed by atoms with Crippen LogP contribution in [-0.2, 0) is 9.53 Å². The van der Waals surface area contributed by atoms with Gasteiger partial charge < -0.3 is 10.1 Å². The number of imide groups is 1. The van der Waals surface area contributed by atoms with Crippen LogP contribution in [-0.4, -0.2) is 46.2 Å². The number of nitro groups is 1. The standard InChI is InChI=1S/C20H19N3O7S/c1-5-30-20(27)14-9(2)11(4)31-17(14)21-16(24)10(3)22-18(25)12-7-6-8-13(23(28)29)15(12)19(22)26/h6-8,10H,5H2,1-4H3,(H,21,24). The highest BCUT2D eigenvalue weighted by molar-refractivity contribution is 7.16. The summed E-state index contributed by atoms with van der Waals surface area (Å²) in [6.07, 6.45) is 0. The number of rotatable bonds is 6. The number of nitro benzene ring substituents is 1. The third-order valence-electron chi connectivity index (χ3n) is 4.99. The highest BCUT2D eigenvalue weighted by atomic mass is 32.1. The Kier molecular flexibility index (Phi) is 5.89. The summed E-state index contributed by atoms with van der Waals surface area (Å²) in [5.41, 5.74) is -0.105. The molecule has 1 unspecified atom stereocenters. The van der Waals surface area contributed by atoms with E-state index in [1.165, 1.54) is 30.4 Å². The van der Waals surface area contributed by atoms with Gasteiger partial charge in [0.2, 0.25) is 5.91 Å². The first-order valence-electron chi connectivity index (χ1n) is 9.33. The molecule has 31 heavy (non-hydrogen) atoms. The molecule has 0 saturated heterocycles. The highest BCUT2D eigenvalue weighted by Crippen LogP contribution is 2.35. The van der Waals surface area contributed by atoms with Crippen LogP contribution < -0.4 is 5.32 Å². The molecule has 0 bridgehead atoms. The summed E-state index contributed by atoms with van der Waals surface area (Å²) in [7, 11) is 0. The molecule has 0 fully saturated rings. The van der Waals surface area contributed by atoms with Gasteiger partial charge in [-0.3, -0.25) is 29.4 Å². The van der Waals surface area contributed by atoms with Crippen molar-refractivity contribution in [2.75, 3.05) is 11.9 Å². The molecule has 0 aliphatic carbocycles. The smallest absolute Gasteiger partial charge is 0.341 e. The van der Waals surface area contributed by atoms with Crippen LogP contribution in [0.25, 0.3) is 0 Å². The zero-order chi connectivity index (χ0) is 23.0. The second kappa shape index (κ2) is 8.26. The van der Waals surface area contributed by atoms with E-state index < -0.39 is 40.3 Å². The second-order valence-corrected chi connectivity index (χ2v) is 8.03. The molecule has 162 valence electrons. The van der Waals surface area contributed by atoms with Crippen molar-refractivity contribution in [2.45, 2.75) is 33.7 Å². The Labute approximate surface area is 180 Å². The van der Waals surface area contributed by atoms with Gasteiger partial charge in [0.15, 0.2) is 0 Å². The molecule has 11 heteroatoms. The summed E-state index contributed by atoms with van der Waals surface area (Å²) in [4.78, 5) is 62.7. The van der Waals surface area contributed by atoms with Gasteiger partial charge in [-0.15, -0.1) is 11.3 Å². The van der Waals surface area contributed by atoms with Crippen LogP contribution in [0.15, 0.2) is 18.2 Å². The van der Waals surface area contributed by atoms with Gasteiger partial charge in [-0.05, 0) is 39.3 Å². The molecule has 2 aromatic rings. The van der Waals surface area contributed by atoms with Crippen molar-refractivity contribution in [1.29, 1.82) is 0 Å². The van der Waals surface area contributed by atoms with Crippen LogP contribution >= 0.6 is 11.3 Å². The minimum Gasteiger partial charge on any atom is -0.462 e. The number of carbonyl (C=O) groups excluding carboxylic acids is 4.